The van der Waals surface area contributed by atoms with Gasteiger partial charge in [-0.25, -0.2) is 9.07 Å². The standard InChI is InChI=1S/C24H28F4N6O4/c1-3-19(35)33-11-5-6-18(33)22(37)32(4-2)14-23(38,24(26,27)28)13-30-21(36)17-12-31-34(20(17)29)16-9-7-15(25)8-10-16/h3,7-10,12,18,38H,1,4-6,11,13-14,29H2,2H3,(H,30,36)/t18-,23?/m1/s1. The average molecular weight is 541 g/mol. The third-order valence-corrected chi connectivity index (χ3v) is 6.33. The van der Waals surface area contributed by atoms with Gasteiger partial charge in [-0.05, 0) is 50.1 Å². The van der Waals surface area contributed by atoms with Crippen LogP contribution in [-0.2, 0) is 9.59 Å². The molecule has 1 unspecified atom stereocenters. The normalized spacial score (nSPS) is 17.1. The average Bonchev–Trinajstić information content (AvgIpc) is 3.52. The number of alkyl halides is 3. The van der Waals surface area contributed by atoms with Crippen molar-refractivity contribution in [2.75, 3.05) is 31.9 Å². The van der Waals surface area contributed by atoms with Gasteiger partial charge in [-0.15, -0.1) is 0 Å². The van der Waals surface area contributed by atoms with Crippen molar-refractivity contribution in [3.8, 4) is 5.69 Å². The number of nitrogens with one attached hydrogen (secondary N) is 1. The molecular formula is C24H28F4N6O4. The number of nitrogens with two attached hydrogens (primary N) is 1. The topological polar surface area (TPSA) is 134 Å². The summed E-state index contributed by atoms with van der Waals surface area (Å²) in [7, 11) is 0. The Kier molecular flexibility index (Phi) is 8.44. The van der Waals surface area contributed by atoms with E-state index in [1.807, 2.05) is 5.32 Å². The molecule has 0 bridgehead atoms. The Hall–Kier alpha value is -3.94. The fraction of sp³-hybridized carbons (Fsp3) is 0.417. The minimum absolute atomic E-state index is 0.185. The number of likely N-dealkylation sites (tertiary alicyclic amines) is 1. The van der Waals surface area contributed by atoms with E-state index in [0.29, 0.717) is 12.1 Å². The van der Waals surface area contributed by atoms with Crippen molar-refractivity contribution < 1.29 is 37.1 Å². The van der Waals surface area contributed by atoms with E-state index in [2.05, 4.69) is 11.7 Å². The number of halogens is 4. The van der Waals surface area contributed by atoms with Crippen LogP contribution in [0, 0.1) is 5.82 Å². The highest BCUT2D eigenvalue weighted by molar-refractivity contribution is 5.98. The van der Waals surface area contributed by atoms with Crippen molar-refractivity contribution in [1.29, 1.82) is 0 Å². The SMILES string of the molecule is C=CC(=O)N1CCC[C@@H]1C(=O)N(CC)CC(O)(CNC(=O)c1cnn(-c2ccc(F)cc2)c1N)C(F)(F)F. The molecule has 0 radical (unpaired) electrons. The molecule has 0 aliphatic carbocycles. The number of benzene rings is 1. The minimum atomic E-state index is -5.23. The van der Waals surface area contributed by atoms with Gasteiger partial charge in [-0.2, -0.15) is 18.3 Å². The minimum Gasteiger partial charge on any atom is -0.383 e. The van der Waals surface area contributed by atoms with E-state index in [9.17, 15) is 37.1 Å². The molecular weight excluding hydrogens is 512 g/mol. The quantitative estimate of drug-likeness (QED) is 0.327. The number of amides is 3. The number of hydrogen-bond donors (Lipinski definition) is 3. The molecule has 4 N–H and O–H groups in total. The number of carbonyl (C=O) groups is 3. The summed E-state index contributed by atoms with van der Waals surface area (Å²) >= 11 is 0. The lowest BCUT2D eigenvalue weighted by Crippen LogP contribution is -2.62. The highest BCUT2D eigenvalue weighted by Crippen LogP contribution is 2.32. The Morgan fingerprint density at radius 1 is 1.29 bits per heavy atom. The third kappa shape index (κ3) is 5.79. The summed E-state index contributed by atoms with van der Waals surface area (Å²) in [5.74, 6) is -3.06. The molecule has 0 spiro atoms. The Labute approximate surface area is 215 Å². The monoisotopic (exact) mass is 540 g/mol. The summed E-state index contributed by atoms with van der Waals surface area (Å²) in [6.07, 6.45) is -2.45. The van der Waals surface area contributed by atoms with Crippen molar-refractivity contribution in [2.45, 2.75) is 37.6 Å². The molecule has 206 valence electrons. The maximum absolute atomic E-state index is 14.0. The van der Waals surface area contributed by atoms with E-state index in [-0.39, 0.29) is 30.9 Å². The van der Waals surface area contributed by atoms with Crippen LogP contribution in [-0.4, -0.2) is 86.4 Å². The highest BCUT2D eigenvalue weighted by atomic mass is 19.4. The molecule has 2 heterocycles. The predicted octanol–water partition coefficient (Wildman–Crippen LogP) is 1.64. The number of hydrogen-bond acceptors (Lipinski definition) is 6. The second-order valence-electron chi connectivity index (χ2n) is 8.79. The second-order valence-corrected chi connectivity index (χ2v) is 8.79. The largest absolute Gasteiger partial charge is 0.420 e. The first-order chi connectivity index (χ1) is 17.8. The molecule has 1 aromatic carbocycles. The third-order valence-electron chi connectivity index (χ3n) is 6.33. The summed E-state index contributed by atoms with van der Waals surface area (Å²) in [5, 5.41) is 16.6. The van der Waals surface area contributed by atoms with Crippen LogP contribution in [0.4, 0.5) is 23.4 Å². The maximum atomic E-state index is 14.0. The summed E-state index contributed by atoms with van der Waals surface area (Å²) in [6.45, 7) is 2.41. The Morgan fingerprint density at radius 3 is 2.53 bits per heavy atom. The van der Waals surface area contributed by atoms with Crippen molar-refractivity contribution in [3.63, 3.8) is 0 Å². The molecule has 3 rings (SSSR count). The molecule has 1 aromatic heterocycles. The van der Waals surface area contributed by atoms with Crippen molar-refractivity contribution in [1.82, 2.24) is 24.9 Å². The van der Waals surface area contributed by atoms with Crippen molar-refractivity contribution in [3.05, 3.63) is 54.5 Å². The molecule has 2 atom stereocenters. The Morgan fingerprint density at radius 2 is 1.95 bits per heavy atom. The Balaban J connectivity index is 1.76. The van der Waals surface area contributed by atoms with Gasteiger partial charge in [-0.3, -0.25) is 14.4 Å². The molecule has 3 amide bonds. The zero-order valence-corrected chi connectivity index (χ0v) is 20.5. The maximum Gasteiger partial charge on any atom is 0.420 e. The number of anilines is 1. The van der Waals surface area contributed by atoms with Crippen LogP contribution >= 0.6 is 0 Å². The number of nitrogens with zero attached hydrogens (tertiary/aromatic N) is 4. The summed E-state index contributed by atoms with van der Waals surface area (Å²) in [6, 6.07) is 3.97. The number of likely N-dealkylation sites (N-methyl/N-ethyl adjacent to an activating group) is 1. The summed E-state index contributed by atoms with van der Waals surface area (Å²) < 4.78 is 56.3. The van der Waals surface area contributed by atoms with Gasteiger partial charge in [0.05, 0.1) is 25.0 Å². The first kappa shape index (κ1) is 28.6. The first-order valence-corrected chi connectivity index (χ1v) is 11.7. The van der Waals surface area contributed by atoms with Gasteiger partial charge in [0.1, 0.15) is 23.2 Å². The van der Waals surface area contributed by atoms with Gasteiger partial charge < -0.3 is 26.0 Å². The van der Waals surface area contributed by atoms with Gasteiger partial charge in [0.25, 0.3) is 5.91 Å². The highest BCUT2D eigenvalue weighted by Gasteiger charge is 2.55. The van der Waals surface area contributed by atoms with Crippen molar-refractivity contribution >= 4 is 23.5 Å². The molecule has 2 aromatic rings. The fourth-order valence-corrected chi connectivity index (χ4v) is 4.16. The molecule has 1 fully saturated rings. The van der Waals surface area contributed by atoms with Crippen LogP contribution in [0.3, 0.4) is 0 Å². The van der Waals surface area contributed by atoms with E-state index >= 15 is 0 Å². The molecule has 38 heavy (non-hydrogen) atoms. The van der Waals surface area contributed by atoms with E-state index in [0.717, 1.165) is 34.0 Å². The second kappa shape index (κ2) is 11.2. The lowest BCUT2D eigenvalue weighted by molar-refractivity contribution is -0.261. The molecule has 14 heteroatoms. The number of aliphatic hydroxyl groups is 1. The zero-order valence-electron chi connectivity index (χ0n) is 20.5. The Bertz CT molecular complexity index is 1200. The van der Waals surface area contributed by atoms with Crippen LogP contribution in [0.25, 0.3) is 5.69 Å². The molecule has 10 nitrogen and oxygen atoms in total. The lowest BCUT2D eigenvalue weighted by Gasteiger charge is -2.37. The molecule has 1 aliphatic rings. The number of aromatic nitrogens is 2. The number of nitrogen functional groups attached to an aromatic ring is 1. The predicted molar refractivity (Wildman–Crippen MR) is 128 cm³/mol. The van der Waals surface area contributed by atoms with E-state index in [4.69, 9.17) is 5.73 Å². The van der Waals surface area contributed by atoms with Crippen LogP contribution < -0.4 is 11.1 Å². The van der Waals surface area contributed by atoms with Gasteiger partial charge >= 0.3 is 6.18 Å². The van der Waals surface area contributed by atoms with Crippen LogP contribution in [0.5, 0.6) is 0 Å². The fourth-order valence-electron chi connectivity index (χ4n) is 4.16. The summed E-state index contributed by atoms with van der Waals surface area (Å²) in [5.41, 5.74) is 2.45. The zero-order chi connectivity index (χ0) is 28.3. The summed E-state index contributed by atoms with van der Waals surface area (Å²) in [4.78, 5) is 39.8. The first-order valence-electron chi connectivity index (χ1n) is 11.7. The number of carbonyl (C=O) groups excluding carboxylic acids is 3. The van der Waals surface area contributed by atoms with E-state index in [1.165, 1.54) is 24.0 Å². The van der Waals surface area contributed by atoms with Crippen molar-refractivity contribution in [2.24, 2.45) is 0 Å². The molecule has 0 saturated carbocycles. The van der Waals surface area contributed by atoms with E-state index < -0.39 is 54.4 Å². The van der Waals surface area contributed by atoms with Crippen LogP contribution in [0.15, 0.2) is 43.1 Å². The van der Waals surface area contributed by atoms with E-state index in [1.54, 1.807) is 0 Å². The number of rotatable bonds is 9. The lowest BCUT2D eigenvalue weighted by atomic mass is 10.0. The van der Waals surface area contributed by atoms with Gasteiger partial charge in [0.15, 0.2) is 5.60 Å². The van der Waals surface area contributed by atoms with Crippen LogP contribution in [0.1, 0.15) is 30.1 Å². The van der Waals surface area contributed by atoms with Gasteiger partial charge in [-0.1, -0.05) is 6.58 Å². The van der Waals surface area contributed by atoms with Gasteiger partial charge in [0.2, 0.25) is 11.8 Å². The van der Waals surface area contributed by atoms with Crippen LogP contribution in [0.2, 0.25) is 0 Å². The molecule has 1 aliphatic heterocycles. The molecule has 1 saturated heterocycles. The smallest absolute Gasteiger partial charge is 0.383 e. The van der Waals surface area contributed by atoms with Gasteiger partial charge in [0, 0.05) is 13.1 Å².